The van der Waals surface area contributed by atoms with E-state index in [1.807, 2.05) is 13.8 Å². The summed E-state index contributed by atoms with van der Waals surface area (Å²) in [5.74, 6) is -4.57. The van der Waals surface area contributed by atoms with Gasteiger partial charge in [0.1, 0.15) is 12.2 Å². The van der Waals surface area contributed by atoms with E-state index in [-0.39, 0.29) is 32.0 Å². The van der Waals surface area contributed by atoms with Crippen molar-refractivity contribution in [2.24, 2.45) is 34.5 Å². The molecule has 4 fully saturated rings. The van der Waals surface area contributed by atoms with Gasteiger partial charge in [0.15, 0.2) is 5.60 Å². The quantitative estimate of drug-likeness (QED) is 0.393. The Kier molecular flexibility index (Phi) is 7.01. The zero-order chi connectivity index (χ0) is 28.3. The molecule has 4 aliphatic rings. The topological polar surface area (TPSA) is 136 Å². The zero-order valence-electron chi connectivity index (χ0n) is 22.9. The van der Waals surface area contributed by atoms with E-state index < -0.39 is 76.0 Å². The summed E-state index contributed by atoms with van der Waals surface area (Å²) in [5, 5.41) is 20.2. The summed E-state index contributed by atoms with van der Waals surface area (Å²) >= 11 is 0. The van der Waals surface area contributed by atoms with E-state index >= 15 is 0 Å². The number of ketones is 2. The van der Waals surface area contributed by atoms with E-state index in [9.17, 15) is 29.4 Å². The molecule has 1 aromatic rings. The third kappa shape index (κ3) is 4.33. The molecule has 0 bridgehead atoms. The molecule has 9 nitrogen and oxygen atoms in total. The maximum Gasteiger partial charge on any atom is 0.338 e. The molecular weight excluding hydrogens is 504 g/mol. The second-order valence-corrected chi connectivity index (χ2v) is 12.6. The molecule has 3 aliphatic carbocycles. The van der Waals surface area contributed by atoms with Gasteiger partial charge in [-0.25, -0.2) is 4.79 Å². The summed E-state index contributed by atoms with van der Waals surface area (Å²) in [5.41, 5.74) is -2.85. The zero-order valence-corrected chi connectivity index (χ0v) is 22.9. The van der Waals surface area contributed by atoms with Gasteiger partial charge in [0.05, 0.1) is 29.6 Å². The van der Waals surface area contributed by atoms with Gasteiger partial charge in [-0.05, 0) is 55.1 Å². The van der Waals surface area contributed by atoms with Crippen molar-refractivity contribution in [1.82, 2.24) is 0 Å². The highest BCUT2D eigenvalue weighted by atomic mass is 16.6. The van der Waals surface area contributed by atoms with Crippen LogP contribution in [0.25, 0.3) is 0 Å². The number of benzene rings is 1. The Balaban J connectivity index is 1.62. The fraction of sp³-hybridized carbons (Fsp3) is 0.667. The van der Waals surface area contributed by atoms with E-state index in [0.29, 0.717) is 18.4 Å². The minimum Gasteiger partial charge on any atom is -0.458 e. The second kappa shape index (κ2) is 9.78. The molecule has 1 heterocycles. The number of rotatable bonds is 7. The Bertz CT molecular complexity index is 1160. The Labute approximate surface area is 228 Å². The molecule has 2 N–H and O–H groups in total. The summed E-state index contributed by atoms with van der Waals surface area (Å²) in [4.78, 5) is 54.1. The van der Waals surface area contributed by atoms with Crippen molar-refractivity contribution < 1.29 is 43.6 Å². The molecule has 9 atom stereocenters. The minimum absolute atomic E-state index is 0.0622. The average molecular weight is 543 g/mol. The molecule has 0 radical (unpaired) electrons. The largest absolute Gasteiger partial charge is 0.458 e. The number of carbonyl (C=O) groups is 4. The van der Waals surface area contributed by atoms with Gasteiger partial charge in [0.2, 0.25) is 11.6 Å². The Hall–Kier alpha value is -2.62. The van der Waals surface area contributed by atoms with Crippen LogP contribution in [0.2, 0.25) is 0 Å². The van der Waals surface area contributed by atoms with Gasteiger partial charge >= 0.3 is 11.9 Å². The van der Waals surface area contributed by atoms with Crippen molar-refractivity contribution in [3.05, 3.63) is 35.9 Å². The van der Waals surface area contributed by atoms with E-state index in [1.165, 1.54) is 6.92 Å². The standard InChI is InChI=1S/C30H38O9/c1-16(20(33)10-11-31)23-24(34)26(35)29-13-19(29)12-22-30(15-37-22,39-17(2)32)25(29)21(14-28(23,3)4)38-27(36)18-8-6-5-7-9-18/h5-9,16,19-23,25,31,33H,10-15H2,1-4H3/t16?,19-,20+,21-,22-,23?,25+,29-,30+/m1/s1. The van der Waals surface area contributed by atoms with E-state index in [4.69, 9.17) is 14.2 Å². The fourth-order valence-electron chi connectivity index (χ4n) is 8.08. The van der Waals surface area contributed by atoms with Crippen LogP contribution in [0.5, 0.6) is 0 Å². The number of Topliss-reactive ketones (excluding diaryl/α,β-unsaturated/α-hetero) is 2. The molecular formula is C30H38O9. The van der Waals surface area contributed by atoms with Crippen LogP contribution in [0.15, 0.2) is 30.3 Å². The average Bonchev–Trinajstić information content (AvgIpc) is 3.59. The number of hydrogen-bond donors (Lipinski definition) is 2. The molecule has 9 heteroatoms. The van der Waals surface area contributed by atoms with Gasteiger partial charge in [0.25, 0.3) is 0 Å². The van der Waals surface area contributed by atoms with Crippen LogP contribution in [0.1, 0.15) is 63.7 Å². The molecule has 5 rings (SSSR count). The first-order valence-electron chi connectivity index (χ1n) is 13.8. The predicted molar refractivity (Wildman–Crippen MR) is 137 cm³/mol. The van der Waals surface area contributed by atoms with Crippen LogP contribution in [0.3, 0.4) is 0 Å². The molecule has 0 aromatic heterocycles. The second-order valence-electron chi connectivity index (χ2n) is 12.6. The molecule has 39 heavy (non-hydrogen) atoms. The summed E-state index contributed by atoms with van der Waals surface area (Å²) in [6.07, 6.45) is -1.12. The van der Waals surface area contributed by atoms with Gasteiger partial charge in [-0.3, -0.25) is 14.4 Å². The number of aliphatic hydroxyl groups is 2. The van der Waals surface area contributed by atoms with Gasteiger partial charge < -0.3 is 24.4 Å². The lowest BCUT2D eigenvalue weighted by Crippen LogP contribution is -2.73. The number of esters is 2. The van der Waals surface area contributed by atoms with Crippen molar-refractivity contribution in [2.45, 2.75) is 77.3 Å². The summed E-state index contributed by atoms with van der Waals surface area (Å²) in [6.45, 7) is 6.52. The first kappa shape index (κ1) is 27.9. The Morgan fingerprint density at radius 1 is 1.15 bits per heavy atom. The van der Waals surface area contributed by atoms with E-state index in [1.54, 1.807) is 37.3 Å². The lowest BCUT2D eigenvalue weighted by atomic mass is 9.53. The Morgan fingerprint density at radius 3 is 2.44 bits per heavy atom. The predicted octanol–water partition coefficient (Wildman–Crippen LogP) is 2.50. The van der Waals surface area contributed by atoms with Crippen molar-refractivity contribution in [1.29, 1.82) is 0 Å². The number of fused-ring (bicyclic) bond motifs is 2. The third-order valence-electron chi connectivity index (χ3n) is 9.82. The van der Waals surface area contributed by atoms with Crippen LogP contribution in [-0.2, 0) is 28.6 Å². The van der Waals surface area contributed by atoms with Crippen molar-refractivity contribution in [3.8, 4) is 0 Å². The molecule has 2 unspecified atom stereocenters. The SMILES string of the molecule is CC(=O)O[C@@]12CO[C@@H]1C[C@@H]1C[C@@]13C(=O)C(=O)C(C(C)[C@@H](O)CCO)C(C)(C)C[C@@H](OC(=O)c1ccccc1)[C@H]23. The number of carbonyl (C=O) groups excluding carboxylic acids is 4. The van der Waals surface area contributed by atoms with Crippen LogP contribution in [0, 0.1) is 34.5 Å². The normalized spacial score (nSPS) is 37.9. The molecule has 0 amide bonds. The smallest absolute Gasteiger partial charge is 0.338 e. The van der Waals surface area contributed by atoms with Crippen LogP contribution in [-0.4, -0.2) is 70.8 Å². The summed E-state index contributed by atoms with van der Waals surface area (Å²) < 4.78 is 18.1. The van der Waals surface area contributed by atoms with Gasteiger partial charge in [-0.2, -0.15) is 0 Å². The van der Waals surface area contributed by atoms with E-state index in [2.05, 4.69) is 0 Å². The van der Waals surface area contributed by atoms with Crippen LogP contribution in [0.4, 0.5) is 0 Å². The van der Waals surface area contributed by atoms with Gasteiger partial charge in [-0.1, -0.05) is 39.0 Å². The van der Waals surface area contributed by atoms with Gasteiger partial charge in [-0.15, -0.1) is 0 Å². The molecule has 1 aromatic carbocycles. The molecule has 3 saturated carbocycles. The van der Waals surface area contributed by atoms with Crippen LogP contribution >= 0.6 is 0 Å². The molecule has 1 aliphatic heterocycles. The fourth-order valence-corrected chi connectivity index (χ4v) is 8.08. The molecule has 212 valence electrons. The first-order valence-corrected chi connectivity index (χ1v) is 13.8. The van der Waals surface area contributed by atoms with Crippen molar-refractivity contribution in [3.63, 3.8) is 0 Å². The third-order valence-corrected chi connectivity index (χ3v) is 9.82. The minimum atomic E-state index is -1.18. The van der Waals surface area contributed by atoms with Crippen LogP contribution < -0.4 is 0 Å². The monoisotopic (exact) mass is 542 g/mol. The highest BCUT2D eigenvalue weighted by Crippen LogP contribution is 2.72. The number of ether oxygens (including phenoxy) is 3. The maximum atomic E-state index is 14.3. The Morgan fingerprint density at radius 2 is 1.85 bits per heavy atom. The number of hydrogen-bond acceptors (Lipinski definition) is 9. The first-order chi connectivity index (χ1) is 18.4. The number of aliphatic hydroxyl groups excluding tert-OH is 2. The highest BCUT2D eigenvalue weighted by molar-refractivity contribution is 6.41. The van der Waals surface area contributed by atoms with E-state index in [0.717, 1.165) is 0 Å². The lowest BCUT2D eigenvalue weighted by Gasteiger charge is -2.59. The highest BCUT2D eigenvalue weighted by Gasteiger charge is 2.81. The van der Waals surface area contributed by atoms with Crippen molar-refractivity contribution >= 4 is 23.5 Å². The van der Waals surface area contributed by atoms with Gasteiger partial charge in [0, 0.05) is 19.4 Å². The van der Waals surface area contributed by atoms with Crippen molar-refractivity contribution in [2.75, 3.05) is 13.2 Å². The summed E-state index contributed by atoms with van der Waals surface area (Å²) in [7, 11) is 0. The summed E-state index contributed by atoms with van der Waals surface area (Å²) in [6, 6.07) is 8.55. The lowest BCUT2D eigenvalue weighted by molar-refractivity contribution is -0.307. The molecule has 1 saturated heterocycles. The molecule has 1 spiro atoms. The maximum absolute atomic E-state index is 14.3.